The molecule has 0 N–H and O–H groups in total. The van der Waals surface area contributed by atoms with Gasteiger partial charge in [-0.05, 0) is 45.2 Å². The molecule has 0 saturated heterocycles. The lowest BCUT2D eigenvalue weighted by Crippen LogP contribution is -2.15. The molecular formula is C19H15. The van der Waals surface area contributed by atoms with Crippen LogP contribution in [0.2, 0.25) is 0 Å². The standard InChI is InChI=1S/C19H15/c1-19(2)17-10-6-5-9-15(17)16-12-11-13-7-3-4-8-14(13)18(16)19/h3-11H,1-2H3. The molecule has 3 aromatic carbocycles. The molecule has 0 saturated carbocycles. The van der Waals surface area contributed by atoms with Gasteiger partial charge in [0.15, 0.2) is 0 Å². The van der Waals surface area contributed by atoms with E-state index in [1.54, 1.807) is 0 Å². The van der Waals surface area contributed by atoms with Crippen molar-refractivity contribution in [1.29, 1.82) is 0 Å². The van der Waals surface area contributed by atoms with Gasteiger partial charge in [-0.15, -0.1) is 0 Å². The molecule has 0 nitrogen and oxygen atoms in total. The van der Waals surface area contributed by atoms with E-state index in [2.05, 4.69) is 74.5 Å². The summed E-state index contributed by atoms with van der Waals surface area (Å²) >= 11 is 0. The summed E-state index contributed by atoms with van der Waals surface area (Å²) in [5.41, 5.74) is 5.51. The minimum Gasteiger partial charge on any atom is -0.0619 e. The molecule has 1 radical (unpaired) electrons. The molecule has 0 heteroatoms. The Kier molecular flexibility index (Phi) is 1.98. The highest BCUT2D eigenvalue weighted by molar-refractivity contribution is 5.96. The molecule has 0 aromatic heterocycles. The van der Waals surface area contributed by atoms with Crippen LogP contribution in [0.15, 0.2) is 54.6 Å². The van der Waals surface area contributed by atoms with Crippen LogP contribution < -0.4 is 0 Å². The van der Waals surface area contributed by atoms with Crippen molar-refractivity contribution in [3.8, 4) is 11.1 Å². The van der Waals surface area contributed by atoms with E-state index in [0.29, 0.717) is 0 Å². The van der Waals surface area contributed by atoms with Crippen molar-refractivity contribution in [2.75, 3.05) is 0 Å². The summed E-state index contributed by atoms with van der Waals surface area (Å²) in [5, 5.41) is 2.64. The van der Waals surface area contributed by atoms with Gasteiger partial charge in [0.25, 0.3) is 0 Å². The number of hydrogen-bond acceptors (Lipinski definition) is 0. The second kappa shape index (κ2) is 3.48. The first-order valence-corrected chi connectivity index (χ1v) is 6.73. The second-order valence-corrected chi connectivity index (χ2v) is 5.80. The Morgan fingerprint density at radius 3 is 2.53 bits per heavy atom. The molecule has 3 aromatic rings. The van der Waals surface area contributed by atoms with E-state index in [-0.39, 0.29) is 5.41 Å². The van der Waals surface area contributed by atoms with Crippen LogP contribution in [0.25, 0.3) is 21.9 Å². The Morgan fingerprint density at radius 2 is 1.63 bits per heavy atom. The van der Waals surface area contributed by atoms with Gasteiger partial charge in [0.2, 0.25) is 0 Å². The molecule has 0 amide bonds. The highest BCUT2D eigenvalue weighted by atomic mass is 14.4. The number of rotatable bonds is 0. The Balaban J connectivity index is 2.20. The predicted molar refractivity (Wildman–Crippen MR) is 80.3 cm³/mol. The third-order valence-electron chi connectivity index (χ3n) is 4.35. The van der Waals surface area contributed by atoms with Crippen LogP contribution in [0.4, 0.5) is 0 Å². The summed E-state index contributed by atoms with van der Waals surface area (Å²) in [7, 11) is 0. The zero-order chi connectivity index (χ0) is 13.0. The highest BCUT2D eigenvalue weighted by Gasteiger charge is 2.36. The number of hydrogen-bond donors (Lipinski definition) is 0. The fraction of sp³-hybridized carbons (Fsp3) is 0.158. The molecule has 0 unspecified atom stereocenters. The molecular weight excluding hydrogens is 228 g/mol. The largest absolute Gasteiger partial charge is 0.0619 e. The monoisotopic (exact) mass is 243 g/mol. The molecule has 0 spiro atoms. The van der Waals surface area contributed by atoms with Crippen molar-refractivity contribution >= 4 is 10.8 Å². The number of benzene rings is 3. The minimum atomic E-state index is 0.0588. The average Bonchev–Trinajstić information content (AvgIpc) is 2.68. The van der Waals surface area contributed by atoms with Gasteiger partial charge < -0.3 is 0 Å². The third kappa shape index (κ3) is 1.29. The second-order valence-electron chi connectivity index (χ2n) is 5.80. The summed E-state index contributed by atoms with van der Waals surface area (Å²) < 4.78 is 0. The van der Waals surface area contributed by atoms with Crippen molar-refractivity contribution in [1.82, 2.24) is 0 Å². The molecule has 1 aliphatic rings. The Morgan fingerprint density at radius 1 is 0.895 bits per heavy atom. The molecule has 0 bridgehead atoms. The van der Waals surface area contributed by atoms with Gasteiger partial charge in [-0.1, -0.05) is 62.4 Å². The van der Waals surface area contributed by atoms with E-state index in [4.69, 9.17) is 0 Å². The molecule has 0 atom stereocenters. The van der Waals surface area contributed by atoms with E-state index < -0.39 is 0 Å². The summed E-state index contributed by atoms with van der Waals surface area (Å²) in [4.78, 5) is 0. The molecule has 0 heterocycles. The third-order valence-corrected chi connectivity index (χ3v) is 4.35. The Hall–Kier alpha value is -2.08. The zero-order valence-electron chi connectivity index (χ0n) is 11.2. The molecule has 1 aliphatic carbocycles. The van der Waals surface area contributed by atoms with E-state index >= 15 is 0 Å². The minimum absolute atomic E-state index is 0.0588. The molecule has 4 rings (SSSR count). The molecule has 0 fully saturated rings. The van der Waals surface area contributed by atoms with Gasteiger partial charge in [-0.25, -0.2) is 0 Å². The predicted octanol–water partition coefficient (Wildman–Crippen LogP) is 4.95. The molecule has 91 valence electrons. The maximum absolute atomic E-state index is 3.50. The van der Waals surface area contributed by atoms with Crippen molar-refractivity contribution < 1.29 is 0 Å². The van der Waals surface area contributed by atoms with Crippen molar-refractivity contribution in [2.45, 2.75) is 19.3 Å². The zero-order valence-corrected chi connectivity index (χ0v) is 11.2. The van der Waals surface area contributed by atoms with Crippen molar-refractivity contribution in [2.24, 2.45) is 0 Å². The van der Waals surface area contributed by atoms with Crippen LogP contribution in [0.5, 0.6) is 0 Å². The van der Waals surface area contributed by atoms with Gasteiger partial charge in [-0.2, -0.15) is 0 Å². The summed E-state index contributed by atoms with van der Waals surface area (Å²) in [6, 6.07) is 23.0. The lowest BCUT2D eigenvalue weighted by atomic mass is 9.80. The SMILES string of the molecule is CC1(C)c2ccccc2-c2[c]cc3ccccc3c21. The van der Waals surface area contributed by atoms with Gasteiger partial charge in [0.05, 0.1) is 0 Å². The summed E-state index contributed by atoms with van der Waals surface area (Å²) in [5.74, 6) is 0. The topological polar surface area (TPSA) is 0 Å². The van der Waals surface area contributed by atoms with Gasteiger partial charge in [0.1, 0.15) is 0 Å². The first-order chi connectivity index (χ1) is 9.19. The average molecular weight is 243 g/mol. The smallest absolute Gasteiger partial charge is 0.0165 e. The van der Waals surface area contributed by atoms with Gasteiger partial charge >= 0.3 is 0 Å². The Bertz CT molecular complexity index is 794. The van der Waals surface area contributed by atoms with Crippen LogP contribution >= 0.6 is 0 Å². The molecule has 0 aliphatic heterocycles. The van der Waals surface area contributed by atoms with E-state index in [9.17, 15) is 0 Å². The first kappa shape index (κ1) is 10.8. The maximum atomic E-state index is 3.50. The van der Waals surface area contributed by atoms with E-state index in [1.807, 2.05) is 0 Å². The number of fused-ring (bicyclic) bond motifs is 5. The van der Waals surface area contributed by atoms with Crippen LogP contribution in [0.3, 0.4) is 0 Å². The normalized spacial score (nSPS) is 15.3. The van der Waals surface area contributed by atoms with E-state index in [0.717, 1.165) is 0 Å². The van der Waals surface area contributed by atoms with Crippen LogP contribution in [-0.2, 0) is 5.41 Å². The van der Waals surface area contributed by atoms with E-state index in [1.165, 1.54) is 33.0 Å². The Labute approximate surface area is 113 Å². The van der Waals surface area contributed by atoms with Crippen molar-refractivity contribution in [3.05, 3.63) is 71.8 Å². The fourth-order valence-corrected chi connectivity index (χ4v) is 3.45. The maximum Gasteiger partial charge on any atom is 0.0165 e. The highest BCUT2D eigenvalue weighted by Crippen LogP contribution is 2.50. The summed E-state index contributed by atoms with van der Waals surface area (Å²) in [6.45, 7) is 4.63. The lowest BCUT2D eigenvalue weighted by Gasteiger charge is -2.22. The molecule has 19 heavy (non-hydrogen) atoms. The quantitative estimate of drug-likeness (QED) is 0.524. The van der Waals surface area contributed by atoms with Crippen LogP contribution in [0, 0.1) is 6.07 Å². The van der Waals surface area contributed by atoms with Crippen LogP contribution in [-0.4, -0.2) is 0 Å². The van der Waals surface area contributed by atoms with Gasteiger partial charge in [-0.3, -0.25) is 0 Å². The fourth-order valence-electron chi connectivity index (χ4n) is 3.45. The van der Waals surface area contributed by atoms with Crippen LogP contribution in [0.1, 0.15) is 25.0 Å². The van der Waals surface area contributed by atoms with Crippen molar-refractivity contribution in [3.63, 3.8) is 0 Å². The lowest BCUT2D eigenvalue weighted by molar-refractivity contribution is 0.666. The summed E-state index contributed by atoms with van der Waals surface area (Å²) in [6.07, 6.45) is 0. The van der Waals surface area contributed by atoms with Gasteiger partial charge in [0, 0.05) is 5.41 Å². The first-order valence-electron chi connectivity index (χ1n) is 6.73.